The standard InChI is InChI=1S/C31H29F2N9O3/c32-31(33)42-38-27(37-39-42)26(19-5-2-1-3-6-19)40-13-15-41(16-14-40)30(44)24-17-21(11-12-34-24)29-36-23-18-22(9-10-25(23)45-29)35-28(43)20-7-4-8-20/h1-3,5-6,9-12,17-18,20,26,31H,4,7-8,13-16H2,(H,35,43)/t26-/m1/s1. The molecule has 2 amide bonds. The maximum atomic E-state index is 13.5. The fourth-order valence-electron chi connectivity index (χ4n) is 5.66. The van der Waals surface area contributed by atoms with Crippen LogP contribution in [-0.2, 0) is 4.79 Å². The van der Waals surface area contributed by atoms with Crippen LogP contribution >= 0.6 is 0 Å². The summed E-state index contributed by atoms with van der Waals surface area (Å²) in [5, 5.41) is 14.3. The number of hydrogen-bond donors (Lipinski definition) is 1. The van der Waals surface area contributed by atoms with Gasteiger partial charge in [-0.15, -0.1) is 10.2 Å². The number of nitrogens with zero attached hydrogens (tertiary/aromatic N) is 8. The zero-order chi connectivity index (χ0) is 30.9. The monoisotopic (exact) mass is 613 g/mol. The Morgan fingerprint density at radius 1 is 0.978 bits per heavy atom. The van der Waals surface area contributed by atoms with Crippen LogP contribution in [0.15, 0.2) is 71.3 Å². The van der Waals surface area contributed by atoms with Gasteiger partial charge in [0.05, 0.1) is 6.04 Å². The summed E-state index contributed by atoms with van der Waals surface area (Å²) in [7, 11) is 0. The number of fused-ring (bicyclic) bond motifs is 1. The molecule has 1 saturated heterocycles. The minimum Gasteiger partial charge on any atom is -0.436 e. The van der Waals surface area contributed by atoms with E-state index in [1.807, 2.05) is 30.3 Å². The van der Waals surface area contributed by atoms with E-state index < -0.39 is 12.6 Å². The fraction of sp³-hybridized carbons (Fsp3) is 0.323. The summed E-state index contributed by atoms with van der Waals surface area (Å²) < 4.78 is 32.3. The van der Waals surface area contributed by atoms with E-state index in [1.54, 1.807) is 41.4 Å². The van der Waals surface area contributed by atoms with Gasteiger partial charge in [0.2, 0.25) is 11.8 Å². The molecule has 0 spiro atoms. The van der Waals surface area contributed by atoms with Crippen molar-refractivity contribution in [3.63, 3.8) is 0 Å². The van der Waals surface area contributed by atoms with Crippen LogP contribution in [0.3, 0.4) is 0 Å². The van der Waals surface area contributed by atoms with Gasteiger partial charge in [0.15, 0.2) is 11.4 Å². The van der Waals surface area contributed by atoms with E-state index in [9.17, 15) is 18.4 Å². The Morgan fingerprint density at radius 2 is 1.78 bits per heavy atom. The molecule has 45 heavy (non-hydrogen) atoms. The Bertz CT molecular complexity index is 1830. The first kappa shape index (κ1) is 28.6. The number of aromatic nitrogens is 6. The molecule has 14 heteroatoms. The van der Waals surface area contributed by atoms with Crippen molar-refractivity contribution in [1.29, 1.82) is 0 Å². The third-order valence-corrected chi connectivity index (χ3v) is 8.30. The van der Waals surface area contributed by atoms with Crippen LogP contribution in [0.1, 0.15) is 53.7 Å². The van der Waals surface area contributed by atoms with E-state index >= 15 is 0 Å². The summed E-state index contributed by atoms with van der Waals surface area (Å²) >= 11 is 0. The highest BCUT2D eigenvalue weighted by molar-refractivity contribution is 5.95. The summed E-state index contributed by atoms with van der Waals surface area (Å²) in [6.45, 7) is -1.21. The van der Waals surface area contributed by atoms with E-state index in [2.05, 4.69) is 35.6 Å². The number of oxazole rings is 1. The predicted molar refractivity (Wildman–Crippen MR) is 158 cm³/mol. The molecule has 3 aromatic heterocycles. The highest BCUT2D eigenvalue weighted by Gasteiger charge is 2.32. The van der Waals surface area contributed by atoms with Crippen molar-refractivity contribution in [3.8, 4) is 11.5 Å². The van der Waals surface area contributed by atoms with E-state index in [4.69, 9.17) is 4.42 Å². The summed E-state index contributed by atoms with van der Waals surface area (Å²) in [6.07, 6.45) is 4.46. The number of anilines is 1. The lowest BCUT2D eigenvalue weighted by atomic mass is 9.85. The van der Waals surface area contributed by atoms with Crippen LogP contribution in [0.25, 0.3) is 22.6 Å². The molecule has 1 N–H and O–H groups in total. The van der Waals surface area contributed by atoms with Gasteiger partial charge in [0.25, 0.3) is 5.91 Å². The van der Waals surface area contributed by atoms with Crippen LogP contribution in [0, 0.1) is 5.92 Å². The van der Waals surface area contributed by atoms with Crippen LogP contribution in [0.5, 0.6) is 0 Å². The second kappa shape index (κ2) is 12.1. The average Bonchev–Trinajstić information content (AvgIpc) is 3.69. The lowest BCUT2D eigenvalue weighted by molar-refractivity contribution is -0.122. The highest BCUT2D eigenvalue weighted by atomic mass is 19.3. The molecule has 1 atom stereocenters. The number of nitrogens with one attached hydrogen (secondary N) is 1. The first-order valence-electron chi connectivity index (χ1n) is 14.8. The molecule has 2 aliphatic rings. The van der Waals surface area contributed by atoms with Crippen molar-refractivity contribution in [2.24, 2.45) is 5.92 Å². The summed E-state index contributed by atoms with van der Waals surface area (Å²) in [5.41, 5.74) is 3.50. The fourth-order valence-corrected chi connectivity index (χ4v) is 5.66. The predicted octanol–water partition coefficient (Wildman–Crippen LogP) is 4.56. The molecular weight excluding hydrogens is 584 g/mol. The Labute approximate surface area is 256 Å². The number of halogens is 2. The van der Waals surface area contributed by atoms with Crippen molar-refractivity contribution >= 4 is 28.6 Å². The molecule has 1 aliphatic heterocycles. The smallest absolute Gasteiger partial charge is 0.350 e. The molecule has 4 heterocycles. The SMILES string of the molecule is O=C(Nc1ccc2oc(-c3ccnc(C(=O)N4CCN([C@H](c5ccccc5)c5nnn(C(F)F)n5)CC4)c3)nc2c1)C1CCC1. The highest BCUT2D eigenvalue weighted by Crippen LogP contribution is 2.31. The number of piperazine rings is 1. The number of tetrazole rings is 1. The van der Waals surface area contributed by atoms with E-state index in [0.29, 0.717) is 59.2 Å². The van der Waals surface area contributed by atoms with Gasteiger partial charge < -0.3 is 14.6 Å². The molecule has 12 nitrogen and oxygen atoms in total. The topological polar surface area (TPSA) is 135 Å². The summed E-state index contributed by atoms with van der Waals surface area (Å²) in [5.74, 6) is 0.355. The van der Waals surface area contributed by atoms with Crippen molar-refractivity contribution in [2.45, 2.75) is 31.9 Å². The largest absolute Gasteiger partial charge is 0.436 e. The van der Waals surface area contributed by atoms with Gasteiger partial charge in [0, 0.05) is 49.5 Å². The number of rotatable bonds is 8. The van der Waals surface area contributed by atoms with Crippen molar-refractivity contribution in [1.82, 2.24) is 40.0 Å². The first-order chi connectivity index (χ1) is 21.9. The normalized spacial score (nSPS) is 16.6. The van der Waals surface area contributed by atoms with E-state index in [1.165, 1.54) is 0 Å². The number of carbonyl (C=O) groups excluding carboxylic acids is 2. The van der Waals surface area contributed by atoms with Crippen molar-refractivity contribution < 1.29 is 22.8 Å². The maximum Gasteiger partial charge on any atom is 0.350 e. The Hall–Kier alpha value is -5.11. The maximum absolute atomic E-state index is 13.5. The molecule has 2 fully saturated rings. The van der Waals surface area contributed by atoms with Gasteiger partial charge in [-0.05, 0) is 54.0 Å². The molecule has 2 aromatic carbocycles. The number of amides is 2. The number of carbonyl (C=O) groups is 2. The zero-order valence-electron chi connectivity index (χ0n) is 24.1. The van der Waals surface area contributed by atoms with Crippen LogP contribution in [0.2, 0.25) is 0 Å². The first-order valence-corrected chi connectivity index (χ1v) is 14.8. The zero-order valence-corrected chi connectivity index (χ0v) is 24.1. The molecule has 0 unspecified atom stereocenters. The van der Waals surface area contributed by atoms with E-state index in [-0.39, 0.29) is 29.3 Å². The minimum atomic E-state index is -2.89. The lowest BCUT2D eigenvalue weighted by Gasteiger charge is -2.38. The second-order valence-corrected chi connectivity index (χ2v) is 11.1. The molecular formula is C31H29F2N9O3. The average molecular weight is 614 g/mol. The number of benzene rings is 2. The molecule has 1 saturated carbocycles. The van der Waals surface area contributed by atoms with E-state index in [0.717, 1.165) is 24.8 Å². The third-order valence-electron chi connectivity index (χ3n) is 8.30. The lowest BCUT2D eigenvalue weighted by Crippen LogP contribution is -2.50. The molecule has 0 bridgehead atoms. The number of hydrogen-bond acceptors (Lipinski definition) is 9. The molecule has 230 valence electrons. The minimum absolute atomic E-state index is 0.0224. The van der Waals surface area contributed by atoms with Crippen molar-refractivity contribution in [3.05, 3.63) is 83.9 Å². The van der Waals surface area contributed by atoms with Crippen molar-refractivity contribution in [2.75, 3.05) is 31.5 Å². The van der Waals surface area contributed by atoms with Gasteiger partial charge in [-0.3, -0.25) is 19.5 Å². The van der Waals surface area contributed by atoms with Crippen LogP contribution in [-0.4, -0.2) is 78.0 Å². The van der Waals surface area contributed by atoms with Gasteiger partial charge in [-0.1, -0.05) is 41.5 Å². The summed E-state index contributed by atoms with van der Waals surface area (Å²) in [6, 6.07) is 17.6. The van der Waals surface area contributed by atoms with Crippen LogP contribution < -0.4 is 5.32 Å². The molecule has 7 rings (SSSR count). The second-order valence-electron chi connectivity index (χ2n) is 11.1. The molecule has 5 aromatic rings. The molecule has 0 radical (unpaired) electrons. The number of pyridine rings is 1. The quantitative estimate of drug-likeness (QED) is 0.267. The summed E-state index contributed by atoms with van der Waals surface area (Å²) in [4.78, 5) is 38.8. The van der Waals surface area contributed by atoms with Gasteiger partial charge in [0.1, 0.15) is 11.2 Å². The Kier molecular flexibility index (Phi) is 7.71. The van der Waals surface area contributed by atoms with Gasteiger partial charge in [-0.25, -0.2) is 4.98 Å². The number of alkyl halides is 2. The molecule has 1 aliphatic carbocycles. The Balaban J connectivity index is 1.05. The van der Waals surface area contributed by atoms with Gasteiger partial charge in [-0.2, -0.15) is 8.78 Å². The Morgan fingerprint density at radius 3 is 2.49 bits per heavy atom. The van der Waals surface area contributed by atoms with Gasteiger partial charge >= 0.3 is 6.55 Å². The van der Waals surface area contributed by atoms with Crippen LogP contribution in [0.4, 0.5) is 14.5 Å². The third kappa shape index (κ3) is 5.88.